The summed E-state index contributed by atoms with van der Waals surface area (Å²) in [5.74, 6) is -1.59. The zero-order valence-electron chi connectivity index (χ0n) is 10.3. The Kier molecular flexibility index (Phi) is 4.01. The fourth-order valence-electron chi connectivity index (χ4n) is 2.08. The van der Waals surface area contributed by atoms with Crippen LogP contribution in [0.5, 0.6) is 5.75 Å². The molecule has 1 amide bonds. The van der Waals surface area contributed by atoms with Crippen LogP contribution in [0.2, 0.25) is 0 Å². The molecule has 2 rings (SSSR count). The SMILES string of the molecule is O=C(O)c1ccc(O)c(NC(=O)[C@@H]2CCCNC2)c1. The Hall–Kier alpha value is -2.08. The van der Waals surface area contributed by atoms with Crippen molar-refractivity contribution < 1.29 is 19.8 Å². The van der Waals surface area contributed by atoms with Gasteiger partial charge in [-0.1, -0.05) is 0 Å². The number of hydrogen-bond donors (Lipinski definition) is 4. The van der Waals surface area contributed by atoms with E-state index in [1.54, 1.807) is 0 Å². The minimum Gasteiger partial charge on any atom is -0.506 e. The fraction of sp³-hybridized carbons (Fsp3) is 0.385. The molecule has 1 fully saturated rings. The van der Waals surface area contributed by atoms with Crippen molar-refractivity contribution in [2.75, 3.05) is 18.4 Å². The van der Waals surface area contributed by atoms with E-state index in [1.807, 2.05) is 0 Å². The average molecular weight is 264 g/mol. The molecule has 4 N–H and O–H groups in total. The van der Waals surface area contributed by atoms with Gasteiger partial charge in [0.05, 0.1) is 17.2 Å². The number of benzene rings is 1. The number of phenolic OH excluding ortho intramolecular Hbond substituents is 1. The summed E-state index contributed by atoms with van der Waals surface area (Å²) in [5, 5.41) is 24.2. The second-order valence-corrected chi connectivity index (χ2v) is 4.57. The van der Waals surface area contributed by atoms with Crippen LogP contribution in [0.3, 0.4) is 0 Å². The topological polar surface area (TPSA) is 98.7 Å². The summed E-state index contributed by atoms with van der Waals surface area (Å²) >= 11 is 0. The molecule has 0 saturated carbocycles. The highest BCUT2D eigenvalue weighted by Crippen LogP contribution is 2.25. The van der Waals surface area contributed by atoms with E-state index in [2.05, 4.69) is 10.6 Å². The number of piperidine rings is 1. The van der Waals surface area contributed by atoms with Crippen LogP contribution < -0.4 is 10.6 Å². The van der Waals surface area contributed by atoms with Crippen LogP contribution in [0.1, 0.15) is 23.2 Å². The molecule has 6 nitrogen and oxygen atoms in total. The molecule has 1 aliphatic rings. The van der Waals surface area contributed by atoms with Crippen molar-refractivity contribution in [3.8, 4) is 5.75 Å². The number of aromatic carboxylic acids is 1. The van der Waals surface area contributed by atoms with Gasteiger partial charge in [-0.3, -0.25) is 4.79 Å². The third-order valence-electron chi connectivity index (χ3n) is 3.17. The van der Waals surface area contributed by atoms with Crippen molar-refractivity contribution in [1.82, 2.24) is 5.32 Å². The molecule has 102 valence electrons. The van der Waals surface area contributed by atoms with E-state index in [9.17, 15) is 14.7 Å². The molecule has 0 unspecified atom stereocenters. The molecule has 1 aromatic rings. The molecule has 1 saturated heterocycles. The highest BCUT2D eigenvalue weighted by molar-refractivity contribution is 5.96. The molecule has 0 aromatic heterocycles. The number of anilines is 1. The van der Waals surface area contributed by atoms with Gasteiger partial charge in [0.2, 0.25) is 5.91 Å². The number of carboxylic acid groups (broad SMARTS) is 1. The maximum absolute atomic E-state index is 12.0. The fourth-order valence-corrected chi connectivity index (χ4v) is 2.08. The first-order valence-corrected chi connectivity index (χ1v) is 6.16. The zero-order chi connectivity index (χ0) is 13.8. The summed E-state index contributed by atoms with van der Waals surface area (Å²) in [6.07, 6.45) is 1.72. The van der Waals surface area contributed by atoms with Crippen molar-refractivity contribution in [3.63, 3.8) is 0 Å². The lowest BCUT2D eigenvalue weighted by molar-refractivity contribution is -0.120. The van der Waals surface area contributed by atoms with Crippen molar-refractivity contribution in [2.45, 2.75) is 12.8 Å². The van der Waals surface area contributed by atoms with Crippen LogP contribution in [0.4, 0.5) is 5.69 Å². The zero-order valence-corrected chi connectivity index (χ0v) is 10.3. The van der Waals surface area contributed by atoms with Gasteiger partial charge in [-0.25, -0.2) is 4.79 Å². The monoisotopic (exact) mass is 264 g/mol. The van der Waals surface area contributed by atoms with Gasteiger partial charge in [0.15, 0.2) is 0 Å². The number of phenols is 1. The molecule has 1 aromatic carbocycles. The quantitative estimate of drug-likeness (QED) is 0.611. The molecule has 1 heterocycles. The highest BCUT2D eigenvalue weighted by Gasteiger charge is 2.22. The van der Waals surface area contributed by atoms with Gasteiger partial charge in [0.1, 0.15) is 5.75 Å². The lowest BCUT2D eigenvalue weighted by Gasteiger charge is -2.22. The molecule has 1 atom stereocenters. The lowest BCUT2D eigenvalue weighted by Crippen LogP contribution is -2.37. The van der Waals surface area contributed by atoms with E-state index in [4.69, 9.17) is 5.11 Å². The van der Waals surface area contributed by atoms with E-state index in [1.165, 1.54) is 18.2 Å². The van der Waals surface area contributed by atoms with E-state index < -0.39 is 5.97 Å². The number of amides is 1. The van der Waals surface area contributed by atoms with Gasteiger partial charge in [0.25, 0.3) is 0 Å². The number of rotatable bonds is 3. The second-order valence-electron chi connectivity index (χ2n) is 4.57. The number of hydrogen-bond acceptors (Lipinski definition) is 4. The van der Waals surface area contributed by atoms with Crippen molar-refractivity contribution in [1.29, 1.82) is 0 Å². The molecule has 0 aliphatic carbocycles. The summed E-state index contributed by atoms with van der Waals surface area (Å²) < 4.78 is 0. The molecule has 0 spiro atoms. The van der Waals surface area contributed by atoms with Crippen LogP contribution >= 0.6 is 0 Å². The maximum Gasteiger partial charge on any atom is 0.335 e. The maximum atomic E-state index is 12.0. The third-order valence-corrected chi connectivity index (χ3v) is 3.17. The molecule has 1 aliphatic heterocycles. The predicted octanol–water partition coefficient (Wildman–Crippen LogP) is 1.03. The Balaban J connectivity index is 2.11. The van der Waals surface area contributed by atoms with Crippen LogP contribution in [-0.4, -0.2) is 35.2 Å². The average Bonchev–Trinajstić information content (AvgIpc) is 2.42. The minimum atomic E-state index is -1.10. The first-order chi connectivity index (χ1) is 9.08. The Morgan fingerprint density at radius 1 is 1.37 bits per heavy atom. The van der Waals surface area contributed by atoms with Gasteiger partial charge in [-0.05, 0) is 37.6 Å². The number of aromatic hydroxyl groups is 1. The van der Waals surface area contributed by atoms with Crippen LogP contribution in [0, 0.1) is 5.92 Å². The van der Waals surface area contributed by atoms with E-state index >= 15 is 0 Å². The summed E-state index contributed by atoms with van der Waals surface area (Å²) in [5.41, 5.74) is 0.158. The first kappa shape index (κ1) is 13.4. The number of carboxylic acids is 1. The molecular formula is C13H16N2O4. The van der Waals surface area contributed by atoms with Crippen molar-refractivity contribution in [2.24, 2.45) is 5.92 Å². The first-order valence-electron chi connectivity index (χ1n) is 6.16. The molecule has 6 heteroatoms. The standard InChI is InChI=1S/C13H16N2O4/c16-11-4-3-8(13(18)19)6-10(11)15-12(17)9-2-1-5-14-7-9/h3-4,6,9,14,16H,1-2,5,7H2,(H,15,17)(H,18,19)/t9-/m1/s1. The number of nitrogens with one attached hydrogen (secondary N) is 2. The number of carbonyl (C=O) groups excluding carboxylic acids is 1. The number of carbonyl (C=O) groups is 2. The molecule has 19 heavy (non-hydrogen) atoms. The Morgan fingerprint density at radius 2 is 2.16 bits per heavy atom. The van der Waals surface area contributed by atoms with Gasteiger partial charge in [-0.2, -0.15) is 0 Å². The Morgan fingerprint density at radius 3 is 2.79 bits per heavy atom. The van der Waals surface area contributed by atoms with Gasteiger partial charge in [0, 0.05) is 6.54 Å². The summed E-state index contributed by atoms with van der Waals surface area (Å²) in [4.78, 5) is 22.8. The van der Waals surface area contributed by atoms with Crippen molar-refractivity contribution >= 4 is 17.6 Å². The second kappa shape index (κ2) is 5.71. The molecular weight excluding hydrogens is 248 g/mol. The van der Waals surface area contributed by atoms with E-state index in [0.29, 0.717) is 6.54 Å². The Labute approximate surface area is 110 Å². The Bertz CT molecular complexity index is 495. The van der Waals surface area contributed by atoms with Crippen LogP contribution in [-0.2, 0) is 4.79 Å². The predicted molar refractivity (Wildman–Crippen MR) is 69.3 cm³/mol. The van der Waals surface area contributed by atoms with Gasteiger partial charge < -0.3 is 20.8 Å². The third kappa shape index (κ3) is 3.23. The largest absolute Gasteiger partial charge is 0.506 e. The smallest absolute Gasteiger partial charge is 0.335 e. The van der Waals surface area contributed by atoms with Gasteiger partial charge >= 0.3 is 5.97 Å². The lowest BCUT2D eigenvalue weighted by atomic mass is 9.98. The summed E-state index contributed by atoms with van der Waals surface area (Å²) in [7, 11) is 0. The highest BCUT2D eigenvalue weighted by atomic mass is 16.4. The minimum absolute atomic E-state index is 0.0230. The van der Waals surface area contributed by atoms with Crippen LogP contribution in [0.25, 0.3) is 0 Å². The normalized spacial score (nSPS) is 18.8. The van der Waals surface area contributed by atoms with Gasteiger partial charge in [-0.15, -0.1) is 0 Å². The molecule has 0 radical (unpaired) electrons. The van der Waals surface area contributed by atoms with E-state index in [0.717, 1.165) is 19.4 Å². The summed E-state index contributed by atoms with van der Waals surface area (Å²) in [6, 6.07) is 3.81. The van der Waals surface area contributed by atoms with E-state index in [-0.39, 0.29) is 28.8 Å². The summed E-state index contributed by atoms with van der Waals surface area (Å²) in [6.45, 7) is 1.51. The van der Waals surface area contributed by atoms with Crippen LogP contribution in [0.15, 0.2) is 18.2 Å². The molecule has 0 bridgehead atoms. The van der Waals surface area contributed by atoms with Crippen molar-refractivity contribution in [3.05, 3.63) is 23.8 Å².